The fourth-order valence-corrected chi connectivity index (χ4v) is 3.43. The number of aliphatic imine (C=N–C) groups is 1. The van der Waals surface area contributed by atoms with Gasteiger partial charge in [0.05, 0.1) is 7.11 Å². The molecule has 1 aromatic heterocycles. The van der Waals surface area contributed by atoms with Gasteiger partial charge in [-0.15, -0.1) is 0 Å². The number of nitrogens with zero attached hydrogens (tertiary/aromatic N) is 2. The van der Waals surface area contributed by atoms with Crippen LogP contribution in [0.25, 0.3) is 0 Å². The van der Waals surface area contributed by atoms with Crippen LogP contribution in [-0.2, 0) is 13.0 Å². The lowest BCUT2D eigenvalue weighted by Gasteiger charge is -2.14. The molecule has 0 saturated heterocycles. The molecule has 1 saturated carbocycles. The molecule has 0 atom stereocenters. The topological polar surface area (TPSA) is 67.8 Å². The summed E-state index contributed by atoms with van der Waals surface area (Å²) in [6.07, 6.45) is 7.75. The van der Waals surface area contributed by atoms with Crippen LogP contribution in [0.5, 0.6) is 11.6 Å². The van der Waals surface area contributed by atoms with Crippen LogP contribution in [0.15, 0.2) is 47.6 Å². The van der Waals surface area contributed by atoms with Crippen LogP contribution in [0.1, 0.15) is 36.8 Å². The highest BCUT2D eigenvalue weighted by atomic mass is 16.5. The van der Waals surface area contributed by atoms with Crippen molar-refractivity contribution < 1.29 is 9.47 Å². The van der Waals surface area contributed by atoms with Crippen LogP contribution in [0.4, 0.5) is 0 Å². The normalized spacial score (nSPS) is 14.7. The fourth-order valence-electron chi connectivity index (χ4n) is 3.43. The van der Waals surface area contributed by atoms with E-state index in [4.69, 9.17) is 9.47 Å². The number of hydrogen-bond acceptors (Lipinski definition) is 4. The van der Waals surface area contributed by atoms with Crippen LogP contribution in [-0.4, -0.2) is 37.7 Å². The summed E-state index contributed by atoms with van der Waals surface area (Å²) in [5.74, 6) is 2.40. The van der Waals surface area contributed by atoms with E-state index < -0.39 is 0 Å². The average Bonchev–Trinajstić information content (AvgIpc) is 3.24. The lowest BCUT2D eigenvalue weighted by molar-refractivity contribution is 0.201. The SMILES string of the molecule is CN=C(NCCc1ccccc1OC)NCc1ccnc(OC2CCCC2)c1. The first-order valence-electron chi connectivity index (χ1n) is 9.96. The van der Waals surface area contributed by atoms with E-state index in [1.807, 2.05) is 30.3 Å². The van der Waals surface area contributed by atoms with Crippen molar-refractivity contribution >= 4 is 5.96 Å². The van der Waals surface area contributed by atoms with E-state index in [2.05, 4.69) is 26.7 Å². The molecule has 3 rings (SSSR count). The van der Waals surface area contributed by atoms with Crippen molar-refractivity contribution in [3.05, 3.63) is 53.7 Å². The van der Waals surface area contributed by atoms with Gasteiger partial charge < -0.3 is 20.1 Å². The van der Waals surface area contributed by atoms with Gasteiger partial charge in [0.15, 0.2) is 5.96 Å². The molecule has 0 spiro atoms. The highest BCUT2D eigenvalue weighted by Gasteiger charge is 2.17. The number of rotatable bonds is 8. The Morgan fingerprint density at radius 3 is 2.79 bits per heavy atom. The molecule has 2 aromatic rings. The number of para-hydroxylation sites is 1. The maximum Gasteiger partial charge on any atom is 0.213 e. The first-order valence-corrected chi connectivity index (χ1v) is 9.96. The quantitative estimate of drug-likeness (QED) is 0.541. The van der Waals surface area contributed by atoms with Gasteiger partial charge in [0.1, 0.15) is 11.9 Å². The number of hydrogen-bond donors (Lipinski definition) is 2. The summed E-state index contributed by atoms with van der Waals surface area (Å²) < 4.78 is 11.4. The highest BCUT2D eigenvalue weighted by molar-refractivity contribution is 5.79. The van der Waals surface area contributed by atoms with E-state index >= 15 is 0 Å². The number of pyridine rings is 1. The Bertz CT molecular complexity index is 773. The Morgan fingerprint density at radius 2 is 2.00 bits per heavy atom. The fraction of sp³-hybridized carbons (Fsp3) is 0.455. The number of guanidine groups is 1. The van der Waals surface area contributed by atoms with E-state index in [-0.39, 0.29) is 0 Å². The molecule has 0 unspecified atom stereocenters. The van der Waals surface area contributed by atoms with Crippen LogP contribution in [0.3, 0.4) is 0 Å². The molecule has 0 bridgehead atoms. The maximum atomic E-state index is 5.99. The van der Waals surface area contributed by atoms with Gasteiger partial charge in [0.25, 0.3) is 0 Å². The predicted molar refractivity (Wildman–Crippen MR) is 112 cm³/mol. The van der Waals surface area contributed by atoms with Crippen molar-refractivity contribution in [2.24, 2.45) is 4.99 Å². The van der Waals surface area contributed by atoms with Gasteiger partial charge >= 0.3 is 0 Å². The standard InChI is InChI=1S/C22H30N4O2/c1-23-22(25-14-12-18-7-3-6-10-20(18)27-2)26-16-17-11-13-24-21(15-17)28-19-8-4-5-9-19/h3,6-7,10-11,13,15,19H,4-5,8-9,12,14,16H2,1-2H3,(H2,23,25,26). The zero-order valence-electron chi connectivity index (χ0n) is 16.8. The van der Waals surface area contributed by atoms with Crippen molar-refractivity contribution in [3.63, 3.8) is 0 Å². The lowest BCUT2D eigenvalue weighted by Crippen LogP contribution is -2.37. The smallest absolute Gasteiger partial charge is 0.213 e. The summed E-state index contributed by atoms with van der Waals surface area (Å²) in [6, 6.07) is 12.1. The molecule has 0 amide bonds. The van der Waals surface area contributed by atoms with Crippen molar-refractivity contribution in [3.8, 4) is 11.6 Å². The van der Waals surface area contributed by atoms with Gasteiger partial charge in [0, 0.05) is 32.4 Å². The summed E-state index contributed by atoms with van der Waals surface area (Å²) in [5.41, 5.74) is 2.30. The zero-order chi connectivity index (χ0) is 19.6. The molecular formula is C22H30N4O2. The van der Waals surface area contributed by atoms with Crippen molar-refractivity contribution in [2.45, 2.75) is 44.8 Å². The summed E-state index contributed by atoms with van der Waals surface area (Å²) in [5, 5.41) is 6.70. The minimum absolute atomic E-state index is 0.320. The Kier molecular flexibility index (Phi) is 7.53. The monoisotopic (exact) mass is 382 g/mol. The van der Waals surface area contributed by atoms with Crippen molar-refractivity contribution in [1.82, 2.24) is 15.6 Å². The third-order valence-electron chi connectivity index (χ3n) is 4.95. The molecule has 150 valence electrons. The Hall–Kier alpha value is -2.76. The van der Waals surface area contributed by atoms with E-state index in [1.165, 1.54) is 18.4 Å². The van der Waals surface area contributed by atoms with E-state index in [9.17, 15) is 0 Å². The Morgan fingerprint density at radius 1 is 1.18 bits per heavy atom. The van der Waals surface area contributed by atoms with Crippen molar-refractivity contribution in [2.75, 3.05) is 20.7 Å². The molecule has 0 aliphatic heterocycles. The number of ether oxygens (including phenoxy) is 2. The number of nitrogens with one attached hydrogen (secondary N) is 2. The molecule has 1 aliphatic carbocycles. The summed E-state index contributed by atoms with van der Waals surface area (Å²) >= 11 is 0. The first kappa shape index (κ1) is 20.0. The zero-order valence-corrected chi connectivity index (χ0v) is 16.8. The average molecular weight is 383 g/mol. The highest BCUT2D eigenvalue weighted by Crippen LogP contribution is 2.23. The minimum atomic E-state index is 0.320. The molecule has 1 aliphatic rings. The molecular weight excluding hydrogens is 352 g/mol. The molecule has 6 heteroatoms. The summed E-state index contributed by atoms with van der Waals surface area (Å²) in [6.45, 7) is 1.43. The third kappa shape index (κ3) is 5.87. The Balaban J connectivity index is 1.46. The predicted octanol–water partition coefficient (Wildman–Crippen LogP) is 3.32. The van der Waals surface area contributed by atoms with E-state index in [0.717, 1.165) is 43.1 Å². The summed E-state index contributed by atoms with van der Waals surface area (Å²) in [4.78, 5) is 8.64. The van der Waals surface area contributed by atoms with Crippen LogP contribution < -0.4 is 20.1 Å². The second-order valence-corrected chi connectivity index (χ2v) is 6.94. The van der Waals surface area contributed by atoms with Gasteiger partial charge in [-0.2, -0.15) is 0 Å². The lowest BCUT2D eigenvalue weighted by atomic mass is 10.1. The largest absolute Gasteiger partial charge is 0.496 e. The number of benzene rings is 1. The van der Waals surface area contributed by atoms with E-state index in [0.29, 0.717) is 18.5 Å². The van der Waals surface area contributed by atoms with Gasteiger partial charge in [-0.1, -0.05) is 18.2 Å². The maximum absolute atomic E-state index is 5.99. The number of methoxy groups -OCH3 is 1. The van der Waals surface area contributed by atoms with Gasteiger partial charge in [0.2, 0.25) is 5.88 Å². The third-order valence-corrected chi connectivity index (χ3v) is 4.95. The molecule has 28 heavy (non-hydrogen) atoms. The minimum Gasteiger partial charge on any atom is -0.496 e. The van der Waals surface area contributed by atoms with Gasteiger partial charge in [-0.05, 0) is 55.4 Å². The molecule has 1 aromatic carbocycles. The molecule has 0 radical (unpaired) electrons. The second kappa shape index (κ2) is 10.5. The summed E-state index contributed by atoms with van der Waals surface area (Å²) in [7, 11) is 3.48. The molecule has 2 N–H and O–H groups in total. The van der Waals surface area contributed by atoms with Crippen LogP contribution >= 0.6 is 0 Å². The second-order valence-electron chi connectivity index (χ2n) is 6.94. The van der Waals surface area contributed by atoms with Crippen molar-refractivity contribution in [1.29, 1.82) is 0 Å². The van der Waals surface area contributed by atoms with Gasteiger partial charge in [-0.25, -0.2) is 4.98 Å². The molecule has 1 heterocycles. The van der Waals surface area contributed by atoms with E-state index in [1.54, 1.807) is 20.4 Å². The Labute approximate surface area is 167 Å². The molecule has 1 fully saturated rings. The van der Waals surface area contributed by atoms with Gasteiger partial charge in [-0.3, -0.25) is 4.99 Å². The number of aromatic nitrogens is 1. The first-order chi connectivity index (χ1) is 13.8. The van der Waals surface area contributed by atoms with Crippen LogP contribution in [0.2, 0.25) is 0 Å². The molecule has 6 nitrogen and oxygen atoms in total. The van der Waals surface area contributed by atoms with Crippen LogP contribution in [0, 0.1) is 0 Å².